The second-order valence-electron chi connectivity index (χ2n) is 18.3. The fourth-order valence-electron chi connectivity index (χ4n) is 8.31. The van der Waals surface area contributed by atoms with Gasteiger partial charge in [-0.25, -0.2) is 9.78 Å². The van der Waals surface area contributed by atoms with Crippen LogP contribution < -0.4 is 59.7 Å². The molecule has 0 bridgehead atoms. The van der Waals surface area contributed by atoms with E-state index < -0.39 is 134 Å². The summed E-state index contributed by atoms with van der Waals surface area (Å²) in [5.74, 6) is -9.34. The number of nitrogens with one attached hydrogen (secondary N) is 10. The number of aromatic amines is 2. The summed E-state index contributed by atoms with van der Waals surface area (Å²) in [6.07, 6.45) is 5.02. The summed E-state index contributed by atoms with van der Waals surface area (Å²) in [7, 11) is 0. The standard InChI is InChI=1S/C49H66N16O14/c50-31(6-3-13-54-49(51)52)42(72)56-20-39(69)61-34(16-27-18-55-32-7-2-1-5-30(27)32)43(73)57-22-41(71)62-35(17-28-19-53-25-59-28)47(77)65-14-4-8-38(65)46(76)63-36(23-66)44(74)58-21-40(70)60-33(15-26-9-11-29(68)12-10-26)45(75)64-37(24-67)48(78)79/h1-2,5,7,9-12,18-19,25,31,33-38,55,66-68H,3-4,6,8,13-17,20-24,50H2,(H,53,59)(H,56,72)(H,57,73)(H,58,74)(H,60,70)(H,61,69)(H,62,71)(H,63,76)(H,64,75)(H,78,79)(H4,51,52,54)/t31-,33-,34-,35-,36-,37-,38-/m0/s1. The molecule has 2 aromatic carbocycles. The number of aliphatic carboxylic acids is 1. The number of likely N-dealkylation sites (tertiary alicyclic amines) is 1. The lowest BCUT2D eigenvalue weighted by Gasteiger charge is -2.29. The first kappa shape index (κ1) is 60.7. The predicted molar refractivity (Wildman–Crippen MR) is 279 cm³/mol. The Morgan fingerprint density at radius 3 is 1.92 bits per heavy atom. The molecule has 1 fully saturated rings. The van der Waals surface area contributed by atoms with E-state index in [-0.39, 0.29) is 56.9 Å². The zero-order valence-electron chi connectivity index (χ0n) is 42.7. The number of guanidine groups is 1. The van der Waals surface area contributed by atoms with E-state index in [1.807, 2.05) is 18.2 Å². The minimum Gasteiger partial charge on any atom is -0.508 e. The van der Waals surface area contributed by atoms with Gasteiger partial charge in [-0.2, -0.15) is 0 Å². The maximum absolute atomic E-state index is 14.3. The molecule has 1 saturated heterocycles. The summed E-state index contributed by atoms with van der Waals surface area (Å²) in [5, 5.41) is 58.5. The number of carbonyl (C=O) groups is 10. The molecule has 3 heterocycles. The van der Waals surface area contributed by atoms with E-state index in [9.17, 15) is 68.4 Å². The molecule has 9 amide bonds. The molecule has 0 saturated carbocycles. The van der Waals surface area contributed by atoms with Crippen LogP contribution >= 0.6 is 0 Å². The number of rotatable bonds is 30. The Hall–Kier alpha value is -9.16. The number of imidazole rings is 1. The van der Waals surface area contributed by atoms with Crippen LogP contribution in [0.4, 0.5) is 0 Å². The lowest BCUT2D eigenvalue weighted by atomic mass is 10.0. The number of aliphatic hydroxyl groups excluding tert-OH is 2. The van der Waals surface area contributed by atoms with Crippen LogP contribution in [0.2, 0.25) is 0 Å². The van der Waals surface area contributed by atoms with Gasteiger partial charge in [-0.3, -0.25) is 48.1 Å². The molecule has 30 heteroatoms. The number of carbonyl (C=O) groups excluding carboxylic acids is 9. The molecule has 0 aliphatic carbocycles. The number of hydrogen-bond acceptors (Lipinski definition) is 16. The van der Waals surface area contributed by atoms with Crippen LogP contribution in [0.3, 0.4) is 0 Å². The highest BCUT2D eigenvalue weighted by Gasteiger charge is 2.39. The summed E-state index contributed by atoms with van der Waals surface area (Å²) in [6.45, 7) is -3.67. The summed E-state index contributed by atoms with van der Waals surface area (Å²) < 4.78 is 0. The number of aromatic hydroxyl groups is 1. The Morgan fingerprint density at radius 1 is 0.709 bits per heavy atom. The van der Waals surface area contributed by atoms with Crippen LogP contribution in [-0.4, -0.2) is 194 Å². The highest BCUT2D eigenvalue weighted by atomic mass is 16.4. The number of amides is 9. The molecule has 20 N–H and O–H groups in total. The molecule has 0 spiro atoms. The van der Waals surface area contributed by atoms with Gasteiger partial charge in [0.15, 0.2) is 5.96 Å². The van der Waals surface area contributed by atoms with Crippen molar-refractivity contribution in [3.63, 3.8) is 0 Å². The highest BCUT2D eigenvalue weighted by molar-refractivity contribution is 5.98. The molecule has 79 heavy (non-hydrogen) atoms. The number of phenolic OH excluding ortho intramolecular Hbond substituents is 1. The number of phenols is 1. The average molecular weight is 1100 g/mol. The maximum atomic E-state index is 14.3. The topological polar surface area (TPSA) is 486 Å². The average Bonchev–Trinajstić information content (AvgIpc) is 4.28. The molecule has 426 valence electrons. The number of aliphatic imine (C=N–C) groups is 1. The molecule has 0 unspecified atom stereocenters. The number of aliphatic hydroxyl groups is 2. The molecule has 0 radical (unpaired) electrons. The third kappa shape index (κ3) is 18.8. The van der Waals surface area contributed by atoms with E-state index in [2.05, 4.69) is 62.5 Å². The number of para-hydroxylation sites is 1. The monoisotopic (exact) mass is 1100 g/mol. The largest absolute Gasteiger partial charge is 0.508 e. The van der Waals surface area contributed by atoms with Crippen LogP contribution in [0, 0.1) is 0 Å². The Morgan fingerprint density at radius 2 is 1.32 bits per heavy atom. The van der Waals surface area contributed by atoms with Gasteiger partial charge in [0.2, 0.25) is 53.2 Å². The number of H-pyrrole nitrogens is 2. The zero-order valence-corrected chi connectivity index (χ0v) is 42.7. The lowest BCUT2D eigenvalue weighted by molar-refractivity contribution is -0.143. The first-order valence-electron chi connectivity index (χ1n) is 24.9. The molecule has 30 nitrogen and oxygen atoms in total. The van der Waals surface area contributed by atoms with Gasteiger partial charge < -0.3 is 95.0 Å². The normalized spacial score (nSPS) is 15.2. The van der Waals surface area contributed by atoms with Crippen molar-refractivity contribution in [3.8, 4) is 5.75 Å². The second kappa shape index (κ2) is 30.0. The van der Waals surface area contributed by atoms with Gasteiger partial charge in [-0.05, 0) is 55.0 Å². The molecule has 7 atom stereocenters. The lowest BCUT2D eigenvalue weighted by Crippen LogP contribution is -2.58. The molecular weight excluding hydrogens is 1040 g/mol. The van der Waals surface area contributed by atoms with Gasteiger partial charge in [0.25, 0.3) is 0 Å². The van der Waals surface area contributed by atoms with E-state index >= 15 is 0 Å². The minimum absolute atomic E-state index is 0.0323. The number of hydrogen-bond donors (Lipinski definition) is 17. The van der Waals surface area contributed by atoms with Crippen LogP contribution in [0.5, 0.6) is 5.75 Å². The quantitative estimate of drug-likeness (QED) is 0.0131. The van der Waals surface area contributed by atoms with Crippen molar-refractivity contribution < 1.29 is 68.4 Å². The van der Waals surface area contributed by atoms with Gasteiger partial charge >= 0.3 is 5.97 Å². The number of aromatic nitrogens is 3. The summed E-state index contributed by atoms with van der Waals surface area (Å²) in [4.78, 5) is 147. The van der Waals surface area contributed by atoms with Crippen molar-refractivity contribution in [2.24, 2.45) is 22.2 Å². The predicted octanol–water partition coefficient (Wildman–Crippen LogP) is -6.16. The fraction of sp³-hybridized carbons (Fsp3) is 0.429. The molecule has 1 aliphatic rings. The number of carboxylic acids is 1. The Balaban J connectivity index is 1.19. The van der Waals surface area contributed by atoms with Crippen molar-refractivity contribution in [1.82, 2.24) is 62.4 Å². The number of carboxylic acid groups (broad SMARTS) is 1. The van der Waals surface area contributed by atoms with Gasteiger partial charge in [-0.1, -0.05) is 30.3 Å². The fourth-order valence-corrected chi connectivity index (χ4v) is 8.31. The van der Waals surface area contributed by atoms with Crippen LogP contribution in [0.25, 0.3) is 10.9 Å². The number of nitrogens with two attached hydrogens (primary N) is 3. The maximum Gasteiger partial charge on any atom is 0.328 e. The van der Waals surface area contributed by atoms with Gasteiger partial charge in [-0.15, -0.1) is 0 Å². The van der Waals surface area contributed by atoms with E-state index in [0.717, 1.165) is 10.9 Å². The molecule has 4 aromatic rings. The van der Waals surface area contributed by atoms with Gasteiger partial charge in [0.1, 0.15) is 42.0 Å². The van der Waals surface area contributed by atoms with E-state index in [0.29, 0.717) is 29.7 Å². The first-order valence-corrected chi connectivity index (χ1v) is 24.9. The Kier molecular flexibility index (Phi) is 23.0. The minimum atomic E-state index is -1.71. The van der Waals surface area contributed by atoms with Gasteiger partial charge in [0, 0.05) is 61.3 Å². The van der Waals surface area contributed by atoms with Crippen LogP contribution in [0.1, 0.15) is 42.5 Å². The zero-order chi connectivity index (χ0) is 57.6. The van der Waals surface area contributed by atoms with E-state index in [1.54, 1.807) is 12.3 Å². The second-order valence-corrected chi connectivity index (χ2v) is 18.3. The molecule has 5 rings (SSSR count). The summed E-state index contributed by atoms with van der Waals surface area (Å²) in [5.41, 5.74) is 18.8. The summed E-state index contributed by atoms with van der Waals surface area (Å²) in [6, 6.07) is 3.13. The Bertz CT molecular complexity index is 2800. The highest BCUT2D eigenvalue weighted by Crippen LogP contribution is 2.21. The van der Waals surface area contributed by atoms with E-state index in [4.69, 9.17) is 17.2 Å². The number of benzene rings is 2. The molecule has 1 aliphatic heterocycles. The summed E-state index contributed by atoms with van der Waals surface area (Å²) >= 11 is 0. The smallest absolute Gasteiger partial charge is 0.328 e. The number of fused-ring (bicyclic) bond motifs is 1. The SMILES string of the molecule is NC(N)=NCCC[C@H](N)C(=O)NCC(=O)N[C@@H](Cc1c[nH]c2ccccc12)C(=O)NCC(=O)N[C@@H](Cc1cnc[nH]1)C(=O)N1CCC[C@H]1C(=O)N[C@@H](CO)C(=O)NCC(=O)N[C@@H](Cc1ccc(O)cc1)C(=O)N[C@@H](CO)C(=O)O. The van der Waals surface area contributed by atoms with Crippen molar-refractivity contribution in [2.45, 2.75) is 87.2 Å². The first-order chi connectivity index (χ1) is 37.8. The third-order valence-electron chi connectivity index (χ3n) is 12.4. The molecular formula is C49H66N16O14. The van der Waals surface area contributed by atoms with Crippen molar-refractivity contribution in [1.29, 1.82) is 0 Å². The van der Waals surface area contributed by atoms with Gasteiger partial charge in [0.05, 0.1) is 45.2 Å². The van der Waals surface area contributed by atoms with Crippen molar-refractivity contribution >= 4 is 76.0 Å². The van der Waals surface area contributed by atoms with Crippen LogP contribution in [0.15, 0.2) is 72.2 Å². The Labute approximate surface area is 450 Å². The van der Waals surface area contributed by atoms with Crippen molar-refractivity contribution in [2.75, 3.05) is 45.9 Å². The van der Waals surface area contributed by atoms with E-state index in [1.165, 1.54) is 41.7 Å². The third-order valence-corrected chi connectivity index (χ3v) is 12.4. The van der Waals surface area contributed by atoms with Crippen molar-refractivity contribution in [3.05, 3.63) is 84.1 Å². The molecule has 2 aromatic heterocycles. The van der Waals surface area contributed by atoms with Crippen LogP contribution in [-0.2, 0) is 67.2 Å². The number of nitrogens with zero attached hydrogens (tertiary/aromatic N) is 3.